The van der Waals surface area contributed by atoms with Crippen molar-refractivity contribution in [3.63, 3.8) is 0 Å². The fourth-order valence-electron chi connectivity index (χ4n) is 3.80. The van der Waals surface area contributed by atoms with Gasteiger partial charge in [0.25, 0.3) is 0 Å². The number of nitrogens with zero attached hydrogens (tertiary/aromatic N) is 3. The van der Waals surface area contributed by atoms with Crippen LogP contribution in [0.25, 0.3) is 0 Å². The van der Waals surface area contributed by atoms with E-state index in [9.17, 15) is 4.79 Å². The third-order valence-corrected chi connectivity index (χ3v) is 5.59. The number of aromatic nitrogens is 2. The van der Waals surface area contributed by atoms with Crippen molar-refractivity contribution >= 4 is 5.78 Å². The summed E-state index contributed by atoms with van der Waals surface area (Å²) in [5.74, 6) is 1.37. The van der Waals surface area contributed by atoms with E-state index in [0.717, 1.165) is 25.9 Å². The average Bonchev–Trinajstić information content (AvgIpc) is 2.96. The summed E-state index contributed by atoms with van der Waals surface area (Å²) in [6, 6.07) is 1.21. The Labute approximate surface area is 133 Å². The Hall–Kier alpha value is -1.16. The van der Waals surface area contributed by atoms with Gasteiger partial charge in [0.2, 0.25) is 0 Å². The van der Waals surface area contributed by atoms with E-state index in [4.69, 9.17) is 0 Å². The van der Waals surface area contributed by atoms with Gasteiger partial charge in [-0.05, 0) is 37.2 Å². The van der Waals surface area contributed by atoms with E-state index in [0.29, 0.717) is 36.1 Å². The van der Waals surface area contributed by atoms with Gasteiger partial charge < -0.3 is 4.90 Å². The van der Waals surface area contributed by atoms with E-state index in [1.165, 1.54) is 18.4 Å². The van der Waals surface area contributed by atoms with Crippen LogP contribution in [0.2, 0.25) is 0 Å². The summed E-state index contributed by atoms with van der Waals surface area (Å²) in [4.78, 5) is 14.3. The first kappa shape index (κ1) is 15.7. The van der Waals surface area contributed by atoms with Gasteiger partial charge in [0.1, 0.15) is 5.78 Å². The molecule has 1 aromatic heterocycles. The predicted octanol–water partition coefficient (Wildman–Crippen LogP) is 3.40. The highest BCUT2D eigenvalue weighted by Crippen LogP contribution is 2.36. The first-order chi connectivity index (χ1) is 10.6. The second-order valence-corrected chi connectivity index (χ2v) is 7.32. The van der Waals surface area contributed by atoms with Crippen LogP contribution in [0.1, 0.15) is 70.4 Å². The van der Waals surface area contributed by atoms with Crippen molar-refractivity contribution in [1.82, 2.24) is 14.7 Å². The van der Waals surface area contributed by atoms with Crippen molar-refractivity contribution < 1.29 is 4.79 Å². The Bertz CT molecular complexity index is 508. The van der Waals surface area contributed by atoms with Crippen LogP contribution in [0.5, 0.6) is 0 Å². The molecule has 122 valence electrons. The summed E-state index contributed by atoms with van der Waals surface area (Å²) in [6.45, 7) is 8.72. The minimum Gasteiger partial charge on any atom is -0.300 e. The summed E-state index contributed by atoms with van der Waals surface area (Å²) >= 11 is 0. The molecular formula is C18H29N3O. The molecule has 1 saturated carbocycles. The Kier molecular flexibility index (Phi) is 4.67. The third kappa shape index (κ3) is 3.12. The molecule has 0 atom stereocenters. The van der Waals surface area contributed by atoms with Crippen LogP contribution in [0.4, 0.5) is 0 Å². The van der Waals surface area contributed by atoms with Crippen LogP contribution in [0.3, 0.4) is 0 Å². The van der Waals surface area contributed by atoms with E-state index < -0.39 is 0 Å². The number of ketones is 1. The van der Waals surface area contributed by atoms with Crippen molar-refractivity contribution in [2.24, 2.45) is 5.92 Å². The summed E-state index contributed by atoms with van der Waals surface area (Å²) in [7, 11) is 0. The average molecular weight is 303 g/mol. The molecule has 2 heterocycles. The zero-order valence-electron chi connectivity index (χ0n) is 14.2. The highest BCUT2D eigenvalue weighted by molar-refractivity contribution is 5.81. The van der Waals surface area contributed by atoms with Gasteiger partial charge in [-0.1, -0.05) is 20.8 Å². The van der Waals surface area contributed by atoms with Crippen LogP contribution < -0.4 is 0 Å². The maximum absolute atomic E-state index is 11.7. The second kappa shape index (κ2) is 6.53. The summed E-state index contributed by atoms with van der Waals surface area (Å²) < 4.78 is 2.18. The molecule has 2 aliphatic rings. The number of carbonyl (C=O) groups is 1. The lowest BCUT2D eigenvalue weighted by Crippen LogP contribution is -2.50. The highest BCUT2D eigenvalue weighted by Gasteiger charge is 2.38. The monoisotopic (exact) mass is 303 g/mol. The van der Waals surface area contributed by atoms with Crippen molar-refractivity contribution in [1.29, 1.82) is 0 Å². The highest BCUT2D eigenvalue weighted by atomic mass is 16.1. The molecule has 4 nitrogen and oxygen atoms in total. The maximum Gasteiger partial charge on any atom is 0.135 e. The van der Waals surface area contributed by atoms with Gasteiger partial charge in [0, 0.05) is 37.7 Å². The predicted molar refractivity (Wildman–Crippen MR) is 88.0 cm³/mol. The van der Waals surface area contributed by atoms with Crippen LogP contribution in [-0.4, -0.2) is 39.6 Å². The second-order valence-electron chi connectivity index (χ2n) is 7.32. The van der Waals surface area contributed by atoms with Crippen molar-refractivity contribution in [2.75, 3.05) is 13.1 Å². The van der Waals surface area contributed by atoms with Crippen molar-refractivity contribution in [2.45, 2.75) is 70.9 Å². The topological polar surface area (TPSA) is 38.1 Å². The van der Waals surface area contributed by atoms with Gasteiger partial charge in [0.15, 0.2) is 0 Å². The molecule has 4 heteroatoms. The fraction of sp³-hybridized carbons (Fsp3) is 0.778. The zero-order chi connectivity index (χ0) is 15.7. The van der Waals surface area contributed by atoms with E-state index >= 15 is 0 Å². The third-order valence-electron chi connectivity index (χ3n) is 5.59. The van der Waals surface area contributed by atoms with Crippen LogP contribution in [0, 0.1) is 5.92 Å². The number of Topliss-reactive ketones (excluding diaryl/α,β-unsaturated/α-hetero) is 1. The number of piperidine rings is 1. The molecule has 0 bridgehead atoms. The normalized spacial score (nSPS) is 27.1. The van der Waals surface area contributed by atoms with E-state index in [2.05, 4.69) is 34.7 Å². The minimum atomic E-state index is 0.354. The molecule has 3 rings (SSSR count). The smallest absolute Gasteiger partial charge is 0.135 e. The lowest BCUT2D eigenvalue weighted by Gasteiger charge is -2.45. The molecule has 0 radical (unpaired) electrons. The lowest BCUT2D eigenvalue weighted by molar-refractivity contribution is -0.127. The van der Waals surface area contributed by atoms with Gasteiger partial charge >= 0.3 is 0 Å². The first-order valence-electron chi connectivity index (χ1n) is 8.89. The Morgan fingerprint density at radius 2 is 1.95 bits per heavy atom. The molecule has 0 spiro atoms. The summed E-state index contributed by atoms with van der Waals surface area (Å²) in [5.41, 5.74) is 1.34. The fourth-order valence-corrected chi connectivity index (χ4v) is 3.80. The Morgan fingerprint density at radius 1 is 1.27 bits per heavy atom. The number of hydrogen-bond acceptors (Lipinski definition) is 3. The van der Waals surface area contributed by atoms with Gasteiger partial charge in [-0.15, -0.1) is 0 Å². The minimum absolute atomic E-state index is 0.354. The number of hydrogen-bond donors (Lipinski definition) is 0. The lowest BCUT2D eigenvalue weighted by atomic mass is 9.75. The first-order valence-corrected chi connectivity index (χ1v) is 8.89. The maximum atomic E-state index is 11.7. The Morgan fingerprint density at radius 3 is 2.50 bits per heavy atom. The molecule has 1 aliphatic heterocycles. The molecule has 22 heavy (non-hydrogen) atoms. The van der Waals surface area contributed by atoms with Crippen LogP contribution >= 0.6 is 0 Å². The zero-order valence-corrected chi connectivity index (χ0v) is 14.2. The number of rotatable bonds is 5. The van der Waals surface area contributed by atoms with Crippen LogP contribution in [-0.2, 0) is 4.79 Å². The van der Waals surface area contributed by atoms with Gasteiger partial charge in [-0.25, -0.2) is 0 Å². The molecule has 0 N–H and O–H groups in total. The molecule has 0 unspecified atom stereocenters. The van der Waals surface area contributed by atoms with Crippen LogP contribution in [0.15, 0.2) is 12.4 Å². The molecule has 2 fully saturated rings. The van der Waals surface area contributed by atoms with E-state index in [1.54, 1.807) is 0 Å². The van der Waals surface area contributed by atoms with Gasteiger partial charge in [-0.2, -0.15) is 5.10 Å². The standard InChI is InChI=1S/C18H29N3O/c1-4-18(22)14-9-17(10-14)20-7-5-16(6-8-20)21-12-15(11-19-21)13(2)3/h11-14,16-17H,4-10H2,1-3H3. The molecule has 1 saturated heterocycles. The number of carbonyl (C=O) groups excluding carboxylic acids is 1. The summed E-state index contributed by atoms with van der Waals surface area (Å²) in [6.07, 6.45) is 9.50. The van der Waals surface area contributed by atoms with E-state index in [1.807, 2.05) is 13.1 Å². The summed E-state index contributed by atoms with van der Waals surface area (Å²) in [5, 5.41) is 4.56. The van der Waals surface area contributed by atoms with Gasteiger partial charge in [0.05, 0.1) is 12.2 Å². The SMILES string of the molecule is CCC(=O)C1CC(N2CCC(n3cc(C(C)C)cn3)CC2)C1. The molecule has 0 amide bonds. The van der Waals surface area contributed by atoms with Crippen molar-refractivity contribution in [3.05, 3.63) is 18.0 Å². The molecule has 1 aromatic rings. The van der Waals surface area contributed by atoms with E-state index in [-0.39, 0.29) is 0 Å². The molecular weight excluding hydrogens is 274 g/mol. The van der Waals surface area contributed by atoms with Crippen molar-refractivity contribution in [3.8, 4) is 0 Å². The molecule has 1 aliphatic carbocycles. The molecule has 0 aromatic carbocycles. The quantitative estimate of drug-likeness (QED) is 0.836. The van der Waals surface area contributed by atoms with Gasteiger partial charge in [-0.3, -0.25) is 9.48 Å². The Balaban J connectivity index is 1.48. The largest absolute Gasteiger partial charge is 0.300 e. The number of likely N-dealkylation sites (tertiary alicyclic amines) is 1.